The zero-order valence-electron chi connectivity index (χ0n) is 12.5. The number of nitrogens with zero attached hydrogens (tertiary/aromatic N) is 3. The summed E-state index contributed by atoms with van der Waals surface area (Å²) < 4.78 is 0. The number of fused-ring (bicyclic) bond motifs is 1. The molecule has 1 aliphatic carbocycles. The molecule has 1 atom stereocenters. The SMILES string of the molecule is N#Cc1cc2c(nc1N1CCCC1CCCO)CCCC2. The predicted octanol–water partition coefficient (Wildman–Crippen LogP) is 2.57. The van der Waals surface area contributed by atoms with Crippen molar-refractivity contribution in [2.75, 3.05) is 18.1 Å². The lowest BCUT2D eigenvalue weighted by atomic mass is 9.94. The zero-order valence-corrected chi connectivity index (χ0v) is 12.5. The Hall–Kier alpha value is -1.60. The van der Waals surface area contributed by atoms with Gasteiger partial charge in [0.1, 0.15) is 11.9 Å². The summed E-state index contributed by atoms with van der Waals surface area (Å²) in [6, 6.07) is 4.84. The molecule has 0 saturated carbocycles. The van der Waals surface area contributed by atoms with Crippen LogP contribution in [0.1, 0.15) is 55.3 Å². The Morgan fingerprint density at radius 1 is 1.33 bits per heavy atom. The van der Waals surface area contributed by atoms with E-state index in [1.54, 1.807) is 0 Å². The van der Waals surface area contributed by atoms with E-state index in [1.807, 2.05) is 0 Å². The Morgan fingerprint density at radius 2 is 2.19 bits per heavy atom. The van der Waals surface area contributed by atoms with E-state index in [0.29, 0.717) is 6.04 Å². The van der Waals surface area contributed by atoms with Crippen LogP contribution in [0.5, 0.6) is 0 Å². The van der Waals surface area contributed by atoms with Gasteiger partial charge in [0.05, 0.1) is 5.56 Å². The van der Waals surface area contributed by atoms with Crippen molar-refractivity contribution < 1.29 is 5.11 Å². The number of nitriles is 1. The molecule has 4 nitrogen and oxygen atoms in total. The van der Waals surface area contributed by atoms with Crippen LogP contribution >= 0.6 is 0 Å². The highest BCUT2D eigenvalue weighted by Gasteiger charge is 2.28. The minimum absolute atomic E-state index is 0.243. The molecule has 3 rings (SSSR count). The van der Waals surface area contributed by atoms with Gasteiger partial charge in [-0.1, -0.05) is 0 Å². The van der Waals surface area contributed by atoms with Crippen molar-refractivity contribution in [3.8, 4) is 6.07 Å². The molecule has 1 aliphatic heterocycles. The van der Waals surface area contributed by atoms with Gasteiger partial charge in [-0.2, -0.15) is 5.26 Å². The van der Waals surface area contributed by atoms with Crippen molar-refractivity contribution in [2.24, 2.45) is 0 Å². The molecule has 1 aromatic heterocycles. The van der Waals surface area contributed by atoms with Crippen LogP contribution in [0.25, 0.3) is 0 Å². The highest BCUT2D eigenvalue weighted by atomic mass is 16.2. The van der Waals surface area contributed by atoms with Crippen LogP contribution in [0.15, 0.2) is 6.07 Å². The van der Waals surface area contributed by atoms with E-state index in [2.05, 4.69) is 17.0 Å². The summed E-state index contributed by atoms with van der Waals surface area (Å²) >= 11 is 0. The first-order chi connectivity index (χ1) is 10.3. The van der Waals surface area contributed by atoms with E-state index in [-0.39, 0.29) is 6.61 Å². The molecule has 1 N–H and O–H groups in total. The molecule has 1 unspecified atom stereocenters. The van der Waals surface area contributed by atoms with Crippen LogP contribution in [0.3, 0.4) is 0 Å². The molecule has 112 valence electrons. The second-order valence-electron chi connectivity index (χ2n) is 6.14. The fraction of sp³-hybridized carbons (Fsp3) is 0.647. The number of aryl methyl sites for hydroxylation is 2. The highest BCUT2D eigenvalue weighted by molar-refractivity contribution is 5.57. The van der Waals surface area contributed by atoms with E-state index in [9.17, 15) is 5.26 Å². The number of aliphatic hydroxyl groups is 1. The lowest BCUT2D eigenvalue weighted by Crippen LogP contribution is -2.31. The third-order valence-electron chi connectivity index (χ3n) is 4.75. The topological polar surface area (TPSA) is 60.2 Å². The summed E-state index contributed by atoms with van der Waals surface area (Å²) in [5.41, 5.74) is 3.20. The first kappa shape index (κ1) is 14.3. The van der Waals surface area contributed by atoms with Crippen LogP contribution in [0, 0.1) is 11.3 Å². The maximum Gasteiger partial charge on any atom is 0.147 e. The van der Waals surface area contributed by atoms with Gasteiger partial charge in [-0.3, -0.25) is 0 Å². The summed E-state index contributed by atoms with van der Waals surface area (Å²) in [6.45, 7) is 1.23. The molecule has 0 radical (unpaired) electrons. The summed E-state index contributed by atoms with van der Waals surface area (Å²) in [7, 11) is 0. The van der Waals surface area contributed by atoms with Gasteiger partial charge in [-0.05, 0) is 63.0 Å². The fourth-order valence-corrected chi connectivity index (χ4v) is 3.67. The standard InChI is InChI=1S/C17H23N3O/c18-12-14-11-13-5-1-2-8-16(13)19-17(14)20-9-3-6-15(20)7-4-10-21/h11,15,21H,1-10H2. The van der Waals surface area contributed by atoms with Crippen LogP contribution in [0.4, 0.5) is 5.82 Å². The number of rotatable bonds is 4. The summed E-state index contributed by atoms with van der Waals surface area (Å²) in [5.74, 6) is 0.888. The van der Waals surface area contributed by atoms with Crippen molar-refractivity contribution in [1.82, 2.24) is 4.98 Å². The normalized spacial score (nSPS) is 21.1. The van der Waals surface area contributed by atoms with E-state index < -0.39 is 0 Å². The molecule has 4 heteroatoms. The molecular weight excluding hydrogens is 262 g/mol. The average molecular weight is 285 g/mol. The Bertz CT molecular complexity index is 550. The molecule has 2 heterocycles. The second-order valence-corrected chi connectivity index (χ2v) is 6.14. The van der Waals surface area contributed by atoms with E-state index >= 15 is 0 Å². The van der Waals surface area contributed by atoms with Crippen molar-refractivity contribution in [1.29, 1.82) is 5.26 Å². The maximum absolute atomic E-state index is 9.49. The Labute approximate surface area is 126 Å². The first-order valence-corrected chi connectivity index (χ1v) is 8.14. The Morgan fingerprint density at radius 3 is 3.00 bits per heavy atom. The van der Waals surface area contributed by atoms with Gasteiger partial charge in [-0.15, -0.1) is 0 Å². The van der Waals surface area contributed by atoms with Crippen LogP contribution in [0.2, 0.25) is 0 Å². The lowest BCUT2D eigenvalue weighted by Gasteiger charge is -2.28. The number of aliphatic hydroxyl groups excluding tert-OH is 1. The van der Waals surface area contributed by atoms with Gasteiger partial charge >= 0.3 is 0 Å². The number of hydrogen-bond donors (Lipinski definition) is 1. The summed E-state index contributed by atoms with van der Waals surface area (Å²) in [6.07, 6.45) is 8.63. The van der Waals surface area contributed by atoms with Gasteiger partial charge in [0, 0.05) is 24.9 Å². The molecule has 1 fully saturated rings. The summed E-state index contributed by atoms with van der Waals surface area (Å²) in [5, 5.41) is 18.5. The van der Waals surface area contributed by atoms with Crippen LogP contribution < -0.4 is 4.90 Å². The number of anilines is 1. The molecule has 0 bridgehead atoms. The highest BCUT2D eigenvalue weighted by Crippen LogP contribution is 2.32. The smallest absolute Gasteiger partial charge is 0.147 e. The molecule has 1 aromatic rings. The van der Waals surface area contributed by atoms with Crippen LogP contribution in [-0.2, 0) is 12.8 Å². The van der Waals surface area contributed by atoms with Gasteiger partial charge in [0.2, 0.25) is 0 Å². The molecule has 2 aliphatic rings. The first-order valence-electron chi connectivity index (χ1n) is 8.14. The lowest BCUT2D eigenvalue weighted by molar-refractivity contribution is 0.279. The van der Waals surface area contributed by atoms with Crippen molar-refractivity contribution in [3.05, 3.63) is 22.9 Å². The molecular formula is C17H23N3O. The van der Waals surface area contributed by atoms with Crippen LogP contribution in [-0.4, -0.2) is 29.3 Å². The number of hydrogen-bond acceptors (Lipinski definition) is 4. The third-order valence-corrected chi connectivity index (χ3v) is 4.75. The zero-order chi connectivity index (χ0) is 14.7. The van der Waals surface area contributed by atoms with Gasteiger partial charge in [0.15, 0.2) is 0 Å². The van der Waals surface area contributed by atoms with Crippen molar-refractivity contribution in [2.45, 2.75) is 57.4 Å². The summed E-state index contributed by atoms with van der Waals surface area (Å²) in [4.78, 5) is 7.17. The minimum atomic E-state index is 0.243. The largest absolute Gasteiger partial charge is 0.396 e. The monoisotopic (exact) mass is 285 g/mol. The maximum atomic E-state index is 9.49. The third kappa shape index (κ3) is 2.89. The van der Waals surface area contributed by atoms with Gasteiger partial charge in [0.25, 0.3) is 0 Å². The molecule has 21 heavy (non-hydrogen) atoms. The molecule has 0 amide bonds. The minimum Gasteiger partial charge on any atom is -0.396 e. The van der Waals surface area contributed by atoms with Gasteiger partial charge in [-0.25, -0.2) is 4.98 Å². The van der Waals surface area contributed by atoms with Gasteiger partial charge < -0.3 is 10.0 Å². The van der Waals surface area contributed by atoms with Crippen molar-refractivity contribution >= 4 is 5.82 Å². The molecule has 1 saturated heterocycles. The number of pyridine rings is 1. The van der Waals surface area contributed by atoms with E-state index in [4.69, 9.17) is 10.1 Å². The molecule has 0 spiro atoms. The Kier molecular flexibility index (Phi) is 4.40. The van der Waals surface area contributed by atoms with E-state index in [0.717, 1.165) is 56.5 Å². The number of aromatic nitrogens is 1. The van der Waals surface area contributed by atoms with E-state index in [1.165, 1.54) is 24.1 Å². The molecule has 0 aromatic carbocycles. The average Bonchev–Trinajstić information content (AvgIpc) is 2.99. The quantitative estimate of drug-likeness (QED) is 0.923. The Balaban J connectivity index is 1.91. The predicted molar refractivity (Wildman–Crippen MR) is 82.3 cm³/mol. The second kappa shape index (κ2) is 6.44. The fourth-order valence-electron chi connectivity index (χ4n) is 3.67. The van der Waals surface area contributed by atoms with Crippen molar-refractivity contribution in [3.63, 3.8) is 0 Å².